The fraction of sp³-hybridized carbons (Fsp3) is 0.133. The average Bonchev–Trinajstić information content (AvgIpc) is 2.38. The number of para-hydroxylation sites is 1. The Morgan fingerprint density at radius 3 is 2.55 bits per heavy atom. The van der Waals surface area contributed by atoms with Gasteiger partial charge in [-0.05, 0) is 25.1 Å². The second-order valence-corrected chi connectivity index (χ2v) is 4.34. The summed E-state index contributed by atoms with van der Waals surface area (Å²) in [6.07, 6.45) is -0.774. The average molecular weight is 277 g/mol. The van der Waals surface area contributed by atoms with E-state index in [9.17, 15) is 18.7 Å². The van der Waals surface area contributed by atoms with Crippen molar-refractivity contribution in [1.29, 1.82) is 0 Å². The van der Waals surface area contributed by atoms with Crippen molar-refractivity contribution in [2.24, 2.45) is 0 Å². The summed E-state index contributed by atoms with van der Waals surface area (Å²) < 4.78 is 26.3. The minimum Gasteiger partial charge on any atom is -0.389 e. The number of carbonyl (C=O) groups excluding carboxylic acids is 1. The maximum atomic E-state index is 13.5. The van der Waals surface area contributed by atoms with E-state index in [0.717, 1.165) is 12.1 Å². The van der Waals surface area contributed by atoms with Crippen molar-refractivity contribution < 1.29 is 18.7 Å². The van der Waals surface area contributed by atoms with Gasteiger partial charge in [0, 0.05) is 17.3 Å². The summed E-state index contributed by atoms with van der Waals surface area (Å²) in [6, 6.07) is 9.39. The molecule has 0 saturated carbocycles. The lowest BCUT2D eigenvalue weighted by Crippen LogP contribution is -2.15. The highest BCUT2D eigenvalue weighted by Crippen LogP contribution is 2.23. The Morgan fingerprint density at radius 1 is 1.20 bits per heavy atom. The molecule has 0 fully saturated rings. The highest BCUT2D eigenvalue weighted by Gasteiger charge is 2.15. The Morgan fingerprint density at radius 2 is 1.90 bits per heavy atom. The number of hydrogen-bond acceptors (Lipinski definition) is 2. The lowest BCUT2D eigenvalue weighted by atomic mass is 10.1. The molecule has 0 saturated heterocycles. The molecule has 2 aromatic carbocycles. The van der Waals surface area contributed by atoms with Crippen LogP contribution < -0.4 is 5.32 Å². The lowest BCUT2D eigenvalue weighted by molar-refractivity contribution is 0.102. The van der Waals surface area contributed by atoms with Crippen LogP contribution in [0.2, 0.25) is 0 Å². The van der Waals surface area contributed by atoms with E-state index in [0.29, 0.717) is 17.3 Å². The monoisotopic (exact) mass is 277 g/mol. The third-order valence-electron chi connectivity index (χ3n) is 2.83. The van der Waals surface area contributed by atoms with Crippen molar-refractivity contribution in [3.8, 4) is 0 Å². The Kier molecular flexibility index (Phi) is 4.10. The number of anilines is 1. The summed E-state index contributed by atoms with van der Waals surface area (Å²) >= 11 is 0. The van der Waals surface area contributed by atoms with Gasteiger partial charge in [-0.25, -0.2) is 8.78 Å². The highest BCUT2D eigenvalue weighted by molar-refractivity contribution is 6.04. The van der Waals surface area contributed by atoms with E-state index in [2.05, 4.69) is 5.32 Å². The van der Waals surface area contributed by atoms with E-state index >= 15 is 0 Å². The first-order valence-corrected chi connectivity index (χ1v) is 6.02. The molecule has 0 aliphatic carbocycles. The zero-order valence-corrected chi connectivity index (χ0v) is 10.7. The van der Waals surface area contributed by atoms with Crippen LogP contribution in [0, 0.1) is 11.6 Å². The molecule has 0 aliphatic rings. The number of hydrogen-bond donors (Lipinski definition) is 2. The van der Waals surface area contributed by atoms with Crippen LogP contribution in [0.3, 0.4) is 0 Å². The van der Waals surface area contributed by atoms with Gasteiger partial charge in [-0.1, -0.05) is 18.2 Å². The van der Waals surface area contributed by atoms with Gasteiger partial charge >= 0.3 is 0 Å². The van der Waals surface area contributed by atoms with Gasteiger partial charge < -0.3 is 10.4 Å². The van der Waals surface area contributed by atoms with Gasteiger partial charge in [0.25, 0.3) is 5.91 Å². The molecule has 0 bridgehead atoms. The van der Waals surface area contributed by atoms with Crippen LogP contribution >= 0.6 is 0 Å². The molecule has 0 radical (unpaired) electrons. The quantitative estimate of drug-likeness (QED) is 0.904. The number of benzene rings is 2. The summed E-state index contributed by atoms with van der Waals surface area (Å²) in [6.45, 7) is 1.56. The second-order valence-electron chi connectivity index (χ2n) is 4.34. The molecule has 3 nitrogen and oxygen atoms in total. The molecule has 1 amide bonds. The molecule has 1 unspecified atom stereocenters. The molecule has 2 N–H and O–H groups in total. The fourth-order valence-corrected chi connectivity index (χ4v) is 1.84. The zero-order chi connectivity index (χ0) is 14.7. The third kappa shape index (κ3) is 3.00. The summed E-state index contributed by atoms with van der Waals surface area (Å²) in [5, 5.41) is 12.1. The van der Waals surface area contributed by atoms with E-state index < -0.39 is 23.6 Å². The standard InChI is InChI=1S/C15H13F2NO2/c1-9(19)11-4-2-3-5-14(11)18-15(20)12-7-6-10(16)8-13(12)17/h2-9,19H,1H3,(H,18,20). The Labute approximate surface area is 114 Å². The molecule has 1 atom stereocenters. The molecule has 104 valence electrons. The minimum absolute atomic E-state index is 0.258. The van der Waals surface area contributed by atoms with Gasteiger partial charge in [-0.3, -0.25) is 4.79 Å². The number of amides is 1. The predicted molar refractivity (Wildman–Crippen MR) is 71.4 cm³/mol. The van der Waals surface area contributed by atoms with Gasteiger partial charge in [0.15, 0.2) is 0 Å². The van der Waals surface area contributed by atoms with Crippen molar-refractivity contribution in [1.82, 2.24) is 0 Å². The maximum absolute atomic E-state index is 13.5. The predicted octanol–water partition coefficient (Wildman–Crippen LogP) is 3.27. The molecule has 0 aliphatic heterocycles. The third-order valence-corrected chi connectivity index (χ3v) is 2.83. The Bertz CT molecular complexity index is 642. The summed E-state index contributed by atoms with van der Waals surface area (Å²) in [5.74, 6) is -2.38. The maximum Gasteiger partial charge on any atom is 0.258 e. The zero-order valence-electron chi connectivity index (χ0n) is 10.7. The van der Waals surface area contributed by atoms with Gasteiger partial charge in [0.1, 0.15) is 11.6 Å². The molecule has 0 spiro atoms. The van der Waals surface area contributed by atoms with E-state index in [1.165, 1.54) is 0 Å². The summed E-state index contributed by atoms with van der Waals surface area (Å²) in [5.41, 5.74) is 0.645. The molecule has 20 heavy (non-hydrogen) atoms. The summed E-state index contributed by atoms with van der Waals surface area (Å²) in [4.78, 5) is 12.0. The molecular weight excluding hydrogens is 264 g/mol. The molecule has 2 rings (SSSR count). The van der Waals surface area contributed by atoms with Gasteiger partial charge in [0.2, 0.25) is 0 Å². The van der Waals surface area contributed by atoms with E-state index in [1.54, 1.807) is 31.2 Å². The molecule has 2 aromatic rings. The fourth-order valence-electron chi connectivity index (χ4n) is 1.84. The highest BCUT2D eigenvalue weighted by atomic mass is 19.1. The van der Waals surface area contributed by atoms with Crippen LogP contribution in [0.25, 0.3) is 0 Å². The first-order valence-electron chi connectivity index (χ1n) is 6.02. The number of halogens is 2. The van der Waals surface area contributed by atoms with Gasteiger partial charge in [-0.15, -0.1) is 0 Å². The molecule has 5 heteroatoms. The van der Waals surface area contributed by atoms with Crippen molar-refractivity contribution in [2.75, 3.05) is 5.32 Å². The minimum atomic E-state index is -0.933. The smallest absolute Gasteiger partial charge is 0.258 e. The first kappa shape index (κ1) is 14.1. The van der Waals surface area contributed by atoms with Crippen molar-refractivity contribution in [3.63, 3.8) is 0 Å². The number of carbonyl (C=O) groups is 1. The SMILES string of the molecule is CC(O)c1ccccc1NC(=O)c1ccc(F)cc1F. The van der Waals surface area contributed by atoms with Crippen molar-refractivity contribution in [2.45, 2.75) is 13.0 Å². The van der Waals surface area contributed by atoms with Crippen molar-refractivity contribution >= 4 is 11.6 Å². The summed E-state index contributed by atoms with van der Waals surface area (Å²) in [7, 11) is 0. The van der Waals surface area contributed by atoms with Crippen LogP contribution in [0.4, 0.5) is 14.5 Å². The van der Waals surface area contributed by atoms with E-state index in [1.807, 2.05) is 0 Å². The second kappa shape index (κ2) is 5.79. The van der Waals surface area contributed by atoms with Crippen LogP contribution in [-0.2, 0) is 0 Å². The van der Waals surface area contributed by atoms with Gasteiger partial charge in [-0.2, -0.15) is 0 Å². The van der Waals surface area contributed by atoms with E-state index in [4.69, 9.17) is 0 Å². The van der Waals surface area contributed by atoms with Crippen LogP contribution in [0.1, 0.15) is 28.9 Å². The number of rotatable bonds is 3. The molecular formula is C15H13F2NO2. The van der Waals surface area contributed by atoms with Crippen LogP contribution in [0.5, 0.6) is 0 Å². The van der Waals surface area contributed by atoms with Crippen LogP contribution in [-0.4, -0.2) is 11.0 Å². The topological polar surface area (TPSA) is 49.3 Å². The van der Waals surface area contributed by atoms with Crippen LogP contribution in [0.15, 0.2) is 42.5 Å². The van der Waals surface area contributed by atoms with E-state index in [-0.39, 0.29) is 5.56 Å². The van der Waals surface area contributed by atoms with Gasteiger partial charge in [0.05, 0.1) is 11.7 Å². The normalized spacial score (nSPS) is 12.0. The lowest BCUT2D eigenvalue weighted by Gasteiger charge is -2.13. The Balaban J connectivity index is 2.28. The number of nitrogens with one attached hydrogen (secondary N) is 1. The van der Waals surface area contributed by atoms with Crippen molar-refractivity contribution in [3.05, 3.63) is 65.2 Å². The number of aliphatic hydroxyl groups is 1. The molecule has 0 aromatic heterocycles. The molecule has 0 heterocycles. The Hall–Kier alpha value is -2.27. The largest absolute Gasteiger partial charge is 0.389 e. The first-order chi connectivity index (χ1) is 9.49. The number of aliphatic hydroxyl groups excluding tert-OH is 1.